The van der Waals surface area contributed by atoms with Crippen molar-refractivity contribution in [3.05, 3.63) is 5.01 Å². The summed E-state index contributed by atoms with van der Waals surface area (Å²) in [4.78, 5) is 13.2. The summed E-state index contributed by atoms with van der Waals surface area (Å²) < 4.78 is 0. The van der Waals surface area contributed by atoms with Crippen LogP contribution in [-0.2, 0) is 6.42 Å². The molecule has 1 aromatic heterocycles. The van der Waals surface area contributed by atoms with Gasteiger partial charge in [0.1, 0.15) is 5.01 Å². The normalized spacial score (nSPS) is 12.2. The lowest BCUT2D eigenvalue weighted by molar-refractivity contribution is 0.166. The minimum Gasteiger partial charge on any atom is -0.394 e. The Hall–Kier alpha value is -1.21. The van der Waals surface area contributed by atoms with Gasteiger partial charge in [-0.3, -0.25) is 5.32 Å². The van der Waals surface area contributed by atoms with Gasteiger partial charge in [-0.1, -0.05) is 24.7 Å². The number of aryl methyl sites for hydroxylation is 1. The number of nitrogens with one attached hydrogen (secondary N) is 1. The number of hydrogen-bond donors (Lipinski definition) is 2. The van der Waals surface area contributed by atoms with Crippen LogP contribution in [0.3, 0.4) is 0 Å². The Morgan fingerprint density at radius 3 is 2.89 bits per heavy atom. The highest BCUT2D eigenvalue weighted by molar-refractivity contribution is 7.15. The van der Waals surface area contributed by atoms with Gasteiger partial charge in [-0.05, 0) is 13.3 Å². The zero-order valence-corrected chi connectivity index (χ0v) is 11.8. The van der Waals surface area contributed by atoms with E-state index < -0.39 is 0 Å². The molecule has 0 aliphatic carbocycles. The lowest BCUT2D eigenvalue weighted by Crippen LogP contribution is -2.40. The predicted molar refractivity (Wildman–Crippen MR) is 71.9 cm³/mol. The first-order valence-corrected chi connectivity index (χ1v) is 6.87. The largest absolute Gasteiger partial charge is 0.394 e. The molecule has 1 atom stereocenters. The minimum atomic E-state index is -0.283. The van der Waals surface area contributed by atoms with Crippen molar-refractivity contribution in [1.82, 2.24) is 15.1 Å². The number of carbonyl (C=O) groups is 1. The number of nitrogens with zero attached hydrogens (tertiary/aromatic N) is 3. The molecular weight excluding hydrogens is 252 g/mol. The van der Waals surface area contributed by atoms with Crippen LogP contribution in [0.5, 0.6) is 0 Å². The smallest absolute Gasteiger partial charge is 0.323 e. The van der Waals surface area contributed by atoms with Crippen LogP contribution in [0.4, 0.5) is 9.93 Å². The number of carbonyl (C=O) groups excluding carboxylic acids is 1. The fourth-order valence-corrected chi connectivity index (χ4v) is 2.01. The Kier molecular flexibility index (Phi) is 6.00. The average Bonchev–Trinajstić information content (AvgIpc) is 2.81. The Morgan fingerprint density at radius 2 is 2.28 bits per heavy atom. The van der Waals surface area contributed by atoms with E-state index in [1.165, 1.54) is 16.2 Å². The molecule has 18 heavy (non-hydrogen) atoms. The molecule has 0 spiro atoms. The molecule has 102 valence electrons. The Balaban J connectivity index is 2.51. The molecule has 0 aliphatic rings. The molecule has 0 saturated heterocycles. The van der Waals surface area contributed by atoms with E-state index in [1.54, 1.807) is 14.0 Å². The third kappa shape index (κ3) is 4.23. The van der Waals surface area contributed by atoms with Gasteiger partial charge >= 0.3 is 6.03 Å². The van der Waals surface area contributed by atoms with Gasteiger partial charge < -0.3 is 10.0 Å². The first kappa shape index (κ1) is 14.8. The van der Waals surface area contributed by atoms with Crippen molar-refractivity contribution in [2.24, 2.45) is 0 Å². The van der Waals surface area contributed by atoms with Gasteiger partial charge in [0.05, 0.1) is 12.6 Å². The van der Waals surface area contributed by atoms with Gasteiger partial charge in [0.2, 0.25) is 5.13 Å². The monoisotopic (exact) mass is 272 g/mol. The SMILES string of the molecule is CCCCc1nnc(NC(=O)N(C)C(C)CO)s1. The summed E-state index contributed by atoms with van der Waals surface area (Å²) in [6.07, 6.45) is 3.08. The van der Waals surface area contributed by atoms with E-state index in [1.807, 2.05) is 0 Å². The lowest BCUT2D eigenvalue weighted by atomic mass is 10.3. The molecule has 1 rings (SSSR count). The van der Waals surface area contributed by atoms with Crippen molar-refractivity contribution in [1.29, 1.82) is 0 Å². The second-order valence-corrected chi connectivity index (χ2v) is 5.24. The predicted octanol–water partition coefficient (Wildman–Crippen LogP) is 1.73. The molecule has 7 heteroatoms. The third-order valence-electron chi connectivity index (χ3n) is 2.67. The van der Waals surface area contributed by atoms with Gasteiger partial charge in [-0.25, -0.2) is 4.79 Å². The van der Waals surface area contributed by atoms with Gasteiger partial charge in [0, 0.05) is 13.5 Å². The second kappa shape index (κ2) is 7.27. The summed E-state index contributed by atoms with van der Waals surface area (Å²) in [7, 11) is 1.63. The van der Waals surface area contributed by atoms with Gasteiger partial charge in [0.25, 0.3) is 0 Å². The zero-order chi connectivity index (χ0) is 13.5. The van der Waals surface area contributed by atoms with Crippen LogP contribution in [0.2, 0.25) is 0 Å². The fraction of sp³-hybridized carbons (Fsp3) is 0.727. The second-order valence-electron chi connectivity index (χ2n) is 4.18. The molecule has 0 fully saturated rings. The number of amides is 2. The van der Waals surface area contributed by atoms with Crippen LogP contribution in [0.25, 0.3) is 0 Å². The van der Waals surface area contributed by atoms with Gasteiger partial charge in [0.15, 0.2) is 0 Å². The number of aliphatic hydroxyl groups is 1. The van der Waals surface area contributed by atoms with E-state index in [0.29, 0.717) is 5.13 Å². The first-order chi connectivity index (χ1) is 8.58. The number of rotatable bonds is 6. The molecule has 1 unspecified atom stereocenters. The average molecular weight is 272 g/mol. The highest BCUT2D eigenvalue weighted by Gasteiger charge is 2.16. The number of anilines is 1. The highest BCUT2D eigenvalue weighted by atomic mass is 32.1. The molecular formula is C11H20N4O2S. The summed E-state index contributed by atoms with van der Waals surface area (Å²) in [5.41, 5.74) is 0. The molecule has 1 aromatic rings. The molecule has 0 radical (unpaired) electrons. The molecule has 2 amide bonds. The molecule has 0 aliphatic heterocycles. The summed E-state index contributed by atoms with van der Waals surface area (Å²) in [5.74, 6) is 0. The minimum absolute atomic E-state index is 0.0677. The molecule has 0 saturated carbocycles. The van der Waals surface area contributed by atoms with E-state index in [9.17, 15) is 4.79 Å². The molecule has 0 bridgehead atoms. The summed E-state index contributed by atoms with van der Waals surface area (Å²) in [5, 5.41) is 21.0. The number of aliphatic hydroxyl groups excluding tert-OH is 1. The maximum absolute atomic E-state index is 11.8. The lowest BCUT2D eigenvalue weighted by Gasteiger charge is -2.22. The van der Waals surface area contributed by atoms with Crippen LogP contribution in [0.1, 0.15) is 31.7 Å². The maximum Gasteiger partial charge on any atom is 0.323 e. The quantitative estimate of drug-likeness (QED) is 0.826. The zero-order valence-electron chi connectivity index (χ0n) is 11.0. The number of likely N-dealkylation sites (N-methyl/N-ethyl adjacent to an activating group) is 1. The topological polar surface area (TPSA) is 78.4 Å². The maximum atomic E-state index is 11.8. The molecule has 2 N–H and O–H groups in total. The number of aromatic nitrogens is 2. The third-order valence-corrected chi connectivity index (χ3v) is 3.57. The van der Waals surface area contributed by atoms with E-state index in [0.717, 1.165) is 24.3 Å². The van der Waals surface area contributed by atoms with Gasteiger partial charge in [-0.2, -0.15) is 0 Å². The van der Waals surface area contributed by atoms with Crippen molar-refractivity contribution >= 4 is 22.5 Å². The van der Waals surface area contributed by atoms with E-state index in [-0.39, 0.29) is 18.7 Å². The fourth-order valence-electron chi connectivity index (χ4n) is 1.24. The van der Waals surface area contributed by atoms with E-state index >= 15 is 0 Å². The highest BCUT2D eigenvalue weighted by Crippen LogP contribution is 2.17. The Labute approximate surface area is 111 Å². The van der Waals surface area contributed by atoms with Crippen molar-refractivity contribution < 1.29 is 9.90 Å². The van der Waals surface area contributed by atoms with Crippen LogP contribution in [0, 0.1) is 0 Å². The van der Waals surface area contributed by atoms with Crippen molar-refractivity contribution in [2.75, 3.05) is 19.0 Å². The molecule has 1 heterocycles. The number of hydrogen-bond acceptors (Lipinski definition) is 5. The van der Waals surface area contributed by atoms with Crippen LogP contribution in [-0.4, -0.2) is 45.9 Å². The summed E-state index contributed by atoms with van der Waals surface area (Å²) >= 11 is 1.39. The molecule has 6 nitrogen and oxygen atoms in total. The first-order valence-electron chi connectivity index (χ1n) is 6.05. The van der Waals surface area contributed by atoms with Crippen molar-refractivity contribution in [2.45, 2.75) is 39.2 Å². The van der Waals surface area contributed by atoms with Crippen LogP contribution >= 0.6 is 11.3 Å². The number of unbranched alkanes of at least 4 members (excludes halogenated alkanes) is 1. The van der Waals surface area contributed by atoms with Gasteiger partial charge in [-0.15, -0.1) is 10.2 Å². The van der Waals surface area contributed by atoms with Crippen molar-refractivity contribution in [3.8, 4) is 0 Å². The van der Waals surface area contributed by atoms with E-state index in [2.05, 4.69) is 22.4 Å². The molecule has 0 aromatic carbocycles. The van der Waals surface area contributed by atoms with Crippen molar-refractivity contribution in [3.63, 3.8) is 0 Å². The van der Waals surface area contributed by atoms with Crippen LogP contribution < -0.4 is 5.32 Å². The summed E-state index contributed by atoms with van der Waals surface area (Å²) in [6.45, 7) is 3.82. The standard InChI is InChI=1S/C11H20N4O2S/c1-4-5-6-9-13-14-10(18-9)12-11(17)15(3)8(2)7-16/h8,16H,4-7H2,1-3H3,(H,12,14,17). The number of urea groups is 1. The Bertz CT molecular complexity index is 383. The summed E-state index contributed by atoms with van der Waals surface area (Å²) in [6, 6.07) is -0.507. The Morgan fingerprint density at radius 1 is 1.56 bits per heavy atom. The van der Waals surface area contributed by atoms with Crippen LogP contribution in [0.15, 0.2) is 0 Å². The van der Waals surface area contributed by atoms with E-state index in [4.69, 9.17) is 5.11 Å².